The number of nitrogens with one attached hydrogen (secondary N) is 2. The van der Waals surface area contributed by atoms with Crippen LogP contribution in [0.1, 0.15) is 24.8 Å². The van der Waals surface area contributed by atoms with E-state index in [1.165, 1.54) is 33.4 Å². The van der Waals surface area contributed by atoms with Gasteiger partial charge in [0.25, 0.3) is 0 Å². The number of halogens is 1. The zero-order valence-electron chi connectivity index (χ0n) is 16.1. The molecule has 3 heterocycles. The lowest BCUT2D eigenvalue weighted by Gasteiger charge is -2.28. The normalized spacial score (nSPS) is 12.9. The maximum atomic E-state index is 9.85. The first-order chi connectivity index (χ1) is 14.0. The van der Waals surface area contributed by atoms with Crippen LogP contribution in [-0.2, 0) is 4.74 Å². The standard InChI is InChI=1S/C17H14BrN5.C3H7NO2/c18-14-10-20-16(7-15(14)22-12-2-1-3-12)17-5-4-13-6-11(8-19)9-21-23(13)17;1-4-3(5)6-2/h4-7,9-10,12H,1-3H2,(H,20,22);1-2H3,(H,4,5). The summed E-state index contributed by atoms with van der Waals surface area (Å²) < 4.78 is 6.93. The Bertz CT molecular complexity index is 1050. The number of nitriles is 1. The molecule has 0 saturated heterocycles. The summed E-state index contributed by atoms with van der Waals surface area (Å²) >= 11 is 3.56. The van der Waals surface area contributed by atoms with Gasteiger partial charge in [0, 0.05) is 19.3 Å². The van der Waals surface area contributed by atoms with Crippen LogP contribution < -0.4 is 10.6 Å². The van der Waals surface area contributed by atoms with E-state index in [0.717, 1.165) is 27.1 Å². The average molecular weight is 457 g/mol. The Labute approximate surface area is 177 Å². The quantitative estimate of drug-likeness (QED) is 0.617. The van der Waals surface area contributed by atoms with Crippen LogP contribution >= 0.6 is 15.9 Å². The van der Waals surface area contributed by atoms with Crippen molar-refractivity contribution in [2.45, 2.75) is 25.3 Å². The molecule has 9 heteroatoms. The summed E-state index contributed by atoms with van der Waals surface area (Å²) in [6, 6.07) is 10.5. The summed E-state index contributed by atoms with van der Waals surface area (Å²) in [7, 11) is 2.82. The first-order valence-corrected chi connectivity index (χ1v) is 9.91. The van der Waals surface area contributed by atoms with E-state index in [1.807, 2.05) is 35.0 Å². The van der Waals surface area contributed by atoms with Gasteiger partial charge >= 0.3 is 6.09 Å². The molecule has 0 bridgehead atoms. The minimum Gasteiger partial charge on any atom is -0.453 e. The van der Waals surface area contributed by atoms with Crippen molar-refractivity contribution in [3.63, 3.8) is 0 Å². The van der Waals surface area contributed by atoms with E-state index >= 15 is 0 Å². The van der Waals surface area contributed by atoms with Crippen LogP contribution in [0.5, 0.6) is 0 Å². The predicted molar refractivity (Wildman–Crippen MR) is 114 cm³/mol. The third kappa shape index (κ3) is 4.84. The van der Waals surface area contributed by atoms with Crippen molar-refractivity contribution in [3.05, 3.63) is 46.7 Å². The van der Waals surface area contributed by atoms with Crippen LogP contribution in [0.3, 0.4) is 0 Å². The van der Waals surface area contributed by atoms with Gasteiger partial charge < -0.3 is 15.4 Å². The van der Waals surface area contributed by atoms with E-state index in [2.05, 4.69) is 47.5 Å². The van der Waals surface area contributed by atoms with Gasteiger partial charge in [-0.15, -0.1) is 0 Å². The molecule has 1 aliphatic carbocycles. The second kappa shape index (κ2) is 9.39. The van der Waals surface area contributed by atoms with Crippen LogP contribution in [0.2, 0.25) is 0 Å². The highest BCUT2D eigenvalue weighted by atomic mass is 79.9. The number of pyridine rings is 1. The van der Waals surface area contributed by atoms with Gasteiger partial charge in [0.2, 0.25) is 0 Å². The maximum absolute atomic E-state index is 9.85. The fourth-order valence-electron chi connectivity index (χ4n) is 2.82. The summed E-state index contributed by atoms with van der Waals surface area (Å²) in [5.41, 5.74) is 4.26. The van der Waals surface area contributed by atoms with Crippen molar-refractivity contribution < 1.29 is 9.53 Å². The number of nitrogens with zero attached hydrogens (tertiary/aromatic N) is 4. The van der Waals surface area contributed by atoms with E-state index in [9.17, 15) is 4.79 Å². The van der Waals surface area contributed by atoms with Gasteiger partial charge in [-0.05, 0) is 59.5 Å². The summed E-state index contributed by atoms with van der Waals surface area (Å²) in [5.74, 6) is 0. The van der Waals surface area contributed by atoms with Gasteiger partial charge in [0.1, 0.15) is 6.07 Å². The Morgan fingerprint density at radius 2 is 2.14 bits per heavy atom. The van der Waals surface area contributed by atoms with Gasteiger partial charge in [-0.3, -0.25) is 4.98 Å². The van der Waals surface area contributed by atoms with Gasteiger partial charge in [-0.25, -0.2) is 9.31 Å². The molecule has 3 aromatic rings. The molecule has 4 rings (SSSR count). The third-order valence-corrected chi connectivity index (χ3v) is 5.23. The minimum atomic E-state index is -0.407. The Hall–Kier alpha value is -3.12. The first-order valence-electron chi connectivity index (χ1n) is 9.11. The Kier molecular flexibility index (Phi) is 6.67. The van der Waals surface area contributed by atoms with E-state index in [1.54, 1.807) is 6.20 Å². The second-order valence-electron chi connectivity index (χ2n) is 6.47. The number of aromatic nitrogens is 3. The monoisotopic (exact) mass is 456 g/mol. The minimum absolute atomic E-state index is 0.407. The van der Waals surface area contributed by atoms with Crippen molar-refractivity contribution in [1.82, 2.24) is 19.9 Å². The lowest BCUT2D eigenvalue weighted by molar-refractivity contribution is 0.173. The number of hydrogen-bond donors (Lipinski definition) is 2. The van der Waals surface area contributed by atoms with E-state index in [-0.39, 0.29) is 0 Å². The Morgan fingerprint density at radius 1 is 1.34 bits per heavy atom. The zero-order chi connectivity index (χ0) is 20.8. The molecule has 1 saturated carbocycles. The van der Waals surface area contributed by atoms with Crippen LogP contribution in [0.25, 0.3) is 16.9 Å². The molecule has 0 aromatic carbocycles. The molecule has 0 unspecified atom stereocenters. The van der Waals surface area contributed by atoms with Crippen molar-refractivity contribution in [1.29, 1.82) is 5.26 Å². The number of rotatable bonds is 3. The molecular formula is C20H21BrN6O2. The number of alkyl carbamates (subject to hydrolysis) is 1. The van der Waals surface area contributed by atoms with Gasteiger partial charge in [0.15, 0.2) is 0 Å². The van der Waals surface area contributed by atoms with Gasteiger partial charge in [0.05, 0.1) is 45.9 Å². The maximum Gasteiger partial charge on any atom is 0.406 e. The predicted octanol–water partition coefficient (Wildman–Crippen LogP) is 3.97. The van der Waals surface area contributed by atoms with E-state index in [0.29, 0.717) is 11.6 Å². The Balaban J connectivity index is 0.000000353. The highest BCUT2D eigenvalue weighted by Gasteiger charge is 2.18. The van der Waals surface area contributed by atoms with Crippen molar-refractivity contribution in [2.75, 3.05) is 19.5 Å². The van der Waals surface area contributed by atoms with E-state index in [4.69, 9.17) is 5.26 Å². The molecule has 29 heavy (non-hydrogen) atoms. The Morgan fingerprint density at radius 3 is 2.72 bits per heavy atom. The lowest BCUT2D eigenvalue weighted by atomic mass is 9.93. The molecule has 2 N–H and O–H groups in total. The fourth-order valence-corrected chi connectivity index (χ4v) is 3.15. The largest absolute Gasteiger partial charge is 0.453 e. The fraction of sp³-hybridized carbons (Fsp3) is 0.300. The number of fused-ring (bicyclic) bond motifs is 1. The van der Waals surface area contributed by atoms with Crippen molar-refractivity contribution in [2.24, 2.45) is 0 Å². The summed E-state index contributed by atoms with van der Waals surface area (Å²) in [6.45, 7) is 0. The molecule has 1 fully saturated rings. The molecule has 1 amide bonds. The van der Waals surface area contributed by atoms with Gasteiger partial charge in [-0.1, -0.05) is 0 Å². The number of methoxy groups -OCH3 is 1. The smallest absolute Gasteiger partial charge is 0.406 e. The summed E-state index contributed by atoms with van der Waals surface area (Å²) in [4.78, 5) is 14.4. The van der Waals surface area contributed by atoms with Crippen LogP contribution in [0.4, 0.5) is 10.5 Å². The second-order valence-corrected chi connectivity index (χ2v) is 7.33. The number of anilines is 1. The molecule has 150 valence electrons. The summed E-state index contributed by atoms with van der Waals surface area (Å²) in [5, 5.41) is 19.1. The molecule has 8 nitrogen and oxygen atoms in total. The summed E-state index contributed by atoms with van der Waals surface area (Å²) in [6.07, 6.45) is 6.71. The van der Waals surface area contributed by atoms with Gasteiger partial charge in [-0.2, -0.15) is 10.4 Å². The highest BCUT2D eigenvalue weighted by Crippen LogP contribution is 2.31. The molecule has 0 spiro atoms. The number of hydrogen-bond acceptors (Lipinski definition) is 6. The van der Waals surface area contributed by atoms with Crippen LogP contribution in [0.15, 0.2) is 41.1 Å². The third-order valence-electron chi connectivity index (χ3n) is 4.60. The molecule has 1 aliphatic rings. The first kappa shape index (κ1) is 20.6. The molecule has 0 aliphatic heterocycles. The number of carbonyl (C=O) groups excluding carboxylic acids is 1. The average Bonchev–Trinajstić information content (AvgIpc) is 3.14. The highest BCUT2D eigenvalue weighted by molar-refractivity contribution is 9.10. The number of ether oxygens (including phenoxy) is 1. The number of carbonyl (C=O) groups is 1. The molecule has 0 atom stereocenters. The topological polar surface area (TPSA) is 104 Å². The number of amides is 1. The van der Waals surface area contributed by atoms with E-state index < -0.39 is 6.09 Å². The molecule has 3 aromatic heterocycles. The van der Waals surface area contributed by atoms with Crippen molar-refractivity contribution in [3.8, 4) is 17.5 Å². The van der Waals surface area contributed by atoms with Crippen molar-refractivity contribution >= 4 is 33.2 Å². The van der Waals surface area contributed by atoms with Crippen LogP contribution in [0, 0.1) is 11.3 Å². The molecular weight excluding hydrogens is 436 g/mol. The lowest BCUT2D eigenvalue weighted by Crippen LogP contribution is -2.27. The van der Waals surface area contributed by atoms with Crippen LogP contribution in [-0.4, -0.2) is 40.9 Å². The SMILES string of the molecule is CNC(=O)OC.N#Cc1cnn2c(-c3cc(NC4CCC4)c(Br)cn3)ccc2c1. The zero-order valence-corrected chi connectivity index (χ0v) is 17.7. The molecule has 0 radical (unpaired) electrons.